The van der Waals surface area contributed by atoms with E-state index in [-0.39, 0.29) is 12.5 Å². The highest BCUT2D eigenvalue weighted by molar-refractivity contribution is 5.76. The average molecular weight is 301 g/mol. The molecule has 0 aliphatic heterocycles. The maximum atomic E-state index is 11.8. The highest BCUT2D eigenvalue weighted by Crippen LogP contribution is 2.19. The number of hydrogen-bond acceptors (Lipinski definition) is 3. The van der Waals surface area contributed by atoms with Gasteiger partial charge in [-0.05, 0) is 44.7 Å². The van der Waals surface area contributed by atoms with Crippen molar-refractivity contribution in [3.05, 3.63) is 54.6 Å². The first-order valence-electron chi connectivity index (χ1n) is 7.91. The number of esters is 1. The monoisotopic (exact) mass is 301 g/mol. The maximum absolute atomic E-state index is 11.8. The number of benzene rings is 1. The molecule has 22 heavy (non-hydrogen) atoms. The predicted molar refractivity (Wildman–Crippen MR) is 93.2 cm³/mol. The SMILES string of the molecule is C=CCCCC=CCN(CC(=O)OCC)c1ccccc1C. The summed E-state index contributed by atoms with van der Waals surface area (Å²) in [6, 6.07) is 8.10. The number of hydrogen-bond donors (Lipinski definition) is 0. The molecule has 0 amide bonds. The second-order valence-electron chi connectivity index (χ2n) is 5.16. The van der Waals surface area contributed by atoms with E-state index in [1.54, 1.807) is 0 Å². The van der Waals surface area contributed by atoms with Gasteiger partial charge in [0, 0.05) is 12.2 Å². The molecule has 120 valence electrons. The zero-order valence-corrected chi connectivity index (χ0v) is 13.8. The lowest BCUT2D eigenvalue weighted by Gasteiger charge is -2.24. The Morgan fingerprint density at radius 2 is 2.05 bits per heavy atom. The molecule has 0 fully saturated rings. The summed E-state index contributed by atoms with van der Waals surface area (Å²) in [5.74, 6) is -0.189. The summed E-state index contributed by atoms with van der Waals surface area (Å²) < 4.78 is 5.08. The van der Waals surface area contributed by atoms with Gasteiger partial charge in [0.1, 0.15) is 6.54 Å². The van der Waals surface area contributed by atoms with Crippen molar-refractivity contribution in [2.24, 2.45) is 0 Å². The Morgan fingerprint density at radius 3 is 2.73 bits per heavy atom. The first-order chi connectivity index (χ1) is 10.7. The summed E-state index contributed by atoms with van der Waals surface area (Å²) in [7, 11) is 0. The van der Waals surface area contributed by atoms with Gasteiger partial charge < -0.3 is 9.64 Å². The molecule has 0 saturated carbocycles. The van der Waals surface area contributed by atoms with Crippen molar-refractivity contribution in [3.8, 4) is 0 Å². The summed E-state index contributed by atoms with van der Waals surface area (Å²) in [6.07, 6.45) is 9.41. The summed E-state index contributed by atoms with van der Waals surface area (Å²) in [5.41, 5.74) is 2.23. The molecular weight excluding hydrogens is 274 g/mol. The van der Waals surface area contributed by atoms with Crippen molar-refractivity contribution in [2.45, 2.75) is 33.1 Å². The molecule has 0 heterocycles. The Bertz CT molecular complexity index is 494. The number of allylic oxidation sites excluding steroid dienone is 2. The van der Waals surface area contributed by atoms with Crippen molar-refractivity contribution in [1.82, 2.24) is 0 Å². The quantitative estimate of drug-likeness (QED) is 0.367. The number of anilines is 1. The fraction of sp³-hybridized carbons (Fsp3) is 0.421. The van der Waals surface area contributed by atoms with Crippen LogP contribution in [0.2, 0.25) is 0 Å². The Hall–Kier alpha value is -2.03. The van der Waals surface area contributed by atoms with Crippen LogP contribution in [0.25, 0.3) is 0 Å². The smallest absolute Gasteiger partial charge is 0.325 e. The van der Waals surface area contributed by atoms with Crippen LogP contribution in [0.1, 0.15) is 31.7 Å². The number of carbonyl (C=O) groups excluding carboxylic acids is 1. The normalized spacial score (nSPS) is 10.6. The van der Waals surface area contributed by atoms with Gasteiger partial charge in [-0.25, -0.2) is 0 Å². The van der Waals surface area contributed by atoms with Crippen LogP contribution in [0.15, 0.2) is 49.1 Å². The zero-order valence-electron chi connectivity index (χ0n) is 13.8. The summed E-state index contributed by atoms with van der Waals surface area (Å²) in [4.78, 5) is 13.9. The van der Waals surface area contributed by atoms with Gasteiger partial charge in [-0.15, -0.1) is 6.58 Å². The molecule has 0 N–H and O–H groups in total. The number of carbonyl (C=O) groups is 1. The van der Waals surface area contributed by atoms with Crippen LogP contribution < -0.4 is 4.90 Å². The molecule has 0 atom stereocenters. The molecule has 0 saturated heterocycles. The van der Waals surface area contributed by atoms with Crippen LogP contribution in [-0.2, 0) is 9.53 Å². The standard InChI is InChI=1S/C19H27NO2/c1-4-6-7-8-9-12-15-20(16-19(21)22-5-2)18-14-11-10-13-17(18)3/h4,9-14H,1,5-8,15-16H2,2-3H3. The van der Waals surface area contributed by atoms with Crippen LogP contribution in [0.3, 0.4) is 0 Å². The van der Waals surface area contributed by atoms with Crippen molar-refractivity contribution < 1.29 is 9.53 Å². The van der Waals surface area contributed by atoms with Gasteiger partial charge in [0.05, 0.1) is 6.61 Å². The van der Waals surface area contributed by atoms with Crippen molar-refractivity contribution in [3.63, 3.8) is 0 Å². The Balaban J connectivity index is 2.68. The third kappa shape index (κ3) is 6.61. The van der Waals surface area contributed by atoms with Gasteiger partial charge >= 0.3 is 5.97 Å². The van der Waals surface area contributed by atoms with E-state index in [4.69, 9.17) is 4.74 Å². The fourth-order valence-corrected chi connectivity index (χ4v) is 2.23. The molecule has 1 aromatic rings. The van der Waals surface area contributed by atoms with E-state index in [2.05, 4.69) is 36.6 Å². The maximum Gasteiger partial charge on any atom is 0.325 e. The van der Waals surface area contributed by atoms with Crippen molar-refractivity contribution in [2.75, 3.05) is 24.6 Å². The van der Waals surface area contributed by atoms with E-state index in [0.717, 1.165) is 30.5 Å². The van der Waals surface area contributed by atoms with Crippen molar-refractivity contribution >= 4 is 11.7 Å². The average Bonchev–Trinajstić information content (AvgIpc) is 2.50. The lowest BCUT2D eigenvalue weighted by atomic mass is 10.1. The number of para-hydroxylation sites is 1. The van der Waals surface area contributed by atoms with Gasteiger partial charge in [-0.2, -0.15) is 0 Å². The minimum Gasteiger partial charge on any atom is -0.465 e. The number of ether oxygens (including phenoxy) is 1. The number of unbranched alkanes of at least 4 members (excludes halogenated alkanes) is 2. The molecule has 0 bridgehead atoms. The minimum atomic E-state index is -0.189. The molecule has 1 rings (SSSR count). The molecule has 0 aromatic heterocycles. The third-order valence-corrected chi connectivity index (χ3v) is 3.35. The summed E-state index contributed by atoms with van der Waals surface area (Å²) >= 11 is 0. The second-order valence-corrected chi connectivity index (χ2v) is 5.16. The topological polar surface area (TPSA) is 29.5 Å². The largest absolute Gasteiger partial charge is 0.465 e. The molecule has 0 spiro atoms. The van der Waals surface area contributed by atoms with Crippen LogP contribution in [0.4, 0.5) is 5.69 Å². The van der Waals surface area contributed by atoms with Crippen LogP contribution in [0.5, 0.6) is 0 Å². The van der Waals surface area contributed by atoms with Gasteiger partial charge in [-0.3, -0.25) is 4.79 Å². The minimum absolute atomic E-state index is 0.189. The Labute approximate surface area is 134 Å². The van der Waals surface area contributed by atoms with E-state index in [9.17, 15) is 4.79 Å². The van der Waals surface area contributed by atoms with Gasteiger partial charge in [0.15, 0.2) is 0 Å². The number of nitrogens with zero attached hydrogens (tertiary/aromatic N) is 1. The second kappa shape index (κ2) is 10.7. The van der Waals surface area contributed by atoms with Gasteiger partial charge in [-0.1, -0.05) is 36.4 Å². The molecule has 0 aliphatic rings. The fourth-order valence-electron chi connectivity index (χ4n) is 2.23. The van der Waals surface area contributed by atoms with E-state index in [1.165, 1.54) is 0 Å². The van der Waals surface area contributed by atoms with E-state index >= 15 is 0 Å². The van der Waals surface area contributed by atoms with E-state index in [1.807, 2.05) is 31.2 Å². The number of aryl methyl sites for hydroxylation is 1. The molecule has 3 nitrogen and oxygen atoms in total. The highest BCUT2D eigenvalue weighted by Gasteiger charge is 2.12. The summed E-state index contributed by atoms with van der Waals surface area (Å²) in [6.45, 7) is 9.00. The molecule has 3 heteroatoms. The first kappa shape index (κ1) is 18.0. The van der Waals surface area contributed by atoms with E-state index < -0.39 is 0 Å². The molecule has 0 radical (unpaired) electrons. The van der Waals surface area contributed by atoms with Crippen LogP contribution >= 0.6 is 0 Å². The zero-order chi connectivity index (χ0) is 16.2. The molecule has 1 aromatic carbocycles. The van der Waals surface area contributed by atoms with Gasteiger partial charge in [0.25, 0.3) is 0 Å². The molecular formula is C19H27NO2. The molecule has 0 aliphatic carbocycles. The lowest BCUT2D eigenvalue weighted by molar-refractivity contribution is -0.141. The number of rotatable bonds is 10. The summed E-state index contributed by atoms with van der Waals surface area (Å²) in [5, 5.41) is 0. The third-order valence-electron chi connectivity index (χ3n) is 3.35. The van der Waals surface area contributed by atoms with E-state index in [0.29, 0.717) is 13.2 Å². The van der Waals surface area contributed by atoms with Gasteiger partial charge in [0.2, 0.25) is 0 Å². The predicted octanol–water partition coefficient (Wildman–Crippen LogP) is 4.28. The highest BCUT2D eigenvalue weighted by atomic mass is 16.5. The molecule has 0 unspecified atom stereocenters. The van der Waals surface area contributed by atoms with Crippen LogP contribution in [-0.4, -0.2) is 25.7 Å². The lowest BCUT2D eigenvalue weighted by Crippen LogP contribution is -2.31. The first-order valence-corrected chi connectivity index (χ1v) is 7.91. The Morgan fingerprint density at radius 1 is 1.27 bits per heavy atom. The van der Waals surface area contributed by atoms with Crippen LogP contribution in [0, 0.1) is 6.92 Å². The Kier molecular flexibility index (Phi) is 8.73. The van der Waals surface area contributed by atoms with Crippen molar-refractivity contribution in [1.29, 1.82) is 0 Å².